The molecule has 0 heterocycles. The van der Waals surface area contributed by atoms with Gasteiger partial charge in [0.25, 0.3) is 0 Å². The number of rotatable bonds is 14. The van der Waals surface area contributed by atoms with E-state index in [0.717, 1.165) is 78.7 Å². The minimum atomic E-state index is 1.07. The Hall–Kier alpha value is -10.0. The SMILES string of the molecule is c1ccc(-c2ccc(-c3ccc(/C(=C(/c4ccc(-c5ccc(-c6ccccc6)cc5)cc4)c4ccc(N(c5ccccc5)c5ccccc5)cc4)c4ccc(N(c5ccccc5)c5ccccc5)cc4)cc3)cc2)cc1. The van der Waals surface area contributed by atoms with E-state index >= 15 is 0 Å². The highest BCUT2D eigenvalue weighted by atomic mass is 15.1. The molecule has 2 nitrogen and oxygen atoms in total. The van der Waals surface area contributed by atoms with Gasteiger partial charge in [-0.2, -0.15) is 0 Å². The molecule has 2 heteroatoms. The van der Waals surface area contributed by atoms with E-state index in [2.05, 4.69) is 337 Å². The molecule has 76 heavy (non-hydrogen) atoms. The number of hydrogen-bond acceptors (Lipinski definition) is 2. The van der Waals surface area contributed by atoms with Gasteiger partial charge < -0.3 is 9.80 Å². The Kier molecular flexibility index (Phi) is 13.6. The Labute approximate surface area is 447 Å². The van der Waals surface area contributed by atoms with E-state index < -0.39 is 0 Å². The second kappa shape index (κ2) is 22.0. The Morgan fingerprint density at radius 1 is 0.145 bits per heavy atom. The highest BCUT2D eigenvalue weighted by Crippen LogP contribution is 2.43. The molecule has 0 saturated carbocycles. The quantitative estimate of drug-likeness (QED) is 0.100. The summed E-state index contributed by atoms with van der Waals surface area (Å²) in [4.78, 5) is 4.64. The summed E-state index contributed by atoms with van der Waals surface area (Å²) in [5.41, 5.74) is 22.8. The molecule has 12 rings (SSSR count). The molecule has 0 aliphatic rings. The summed E-state index contributed by atoms with van der Waals surface area (Å²) in [5, 5.41) is 0. The van der Waals surface area contributed by atoms with Crippen LogP contribution >= 0.6 is 0 Å². The summed E-state index contributed by atoms with van der Waals surface area (Å²) in [6.45, 7) is 0. The predicted molar refractivity (Wildman–Crippen MR) is 322 cm³/mol. The summed E-state index contributed by atoms with van der Waals surface area (Å²) < 4.78 is 0. The van der Waals surface area contributed by atoms with E-state index in [-0.39, 0.29) is 0 Å². The van der Waals surface area contributed by atoms with Crippen LogP contribution in [0.3, 0.4) is 0 Å². The first kappa shape index (κ1) is 47.0. The van der Waals surface area contributed by atoms with Gasteiger partial charge in [-0.05, 0) is 151 Å². The third-order valence-electron chi connectivity index (χ3n) is 14.1. The number of para-hydroxylation sites is 4. The largest absolute Gasteiger partial charge is 0.311 e. The zero-order valence-corrected chi connectivity index (χ0v) is 42.1. The second-order valence-corrected chi connectivity index (χ2v) is 18.9. The molecule has 0 aliphatic carbocycles. The lowest BCUT2D eigenvalue weighted by molar-refractivity contribution is 1.28. The Morgan fingerprint density at radius 2 is 0.303 bits per heavy atom. The van der Waals surface area contributed by atoms with E-state index in [1.807, 2.05) is 0 Å². The molecule has 12 aromatic carbocycles. The van der Waals surface area contributed by atoms with Crippen molar-refractivity contribution in [1.29, 1.82) is 0 Å². The van der Waals surface area contributed by atoms with Gasteiger partial charge in [-0.25, -0.2) is 0 Å². The van der Waals surface area contributed by atoms with Crippen LogP contribution in [0.1, 0.15) is 22.3 Å². The molecule has 0 aromatic heterocycles. The first-order valence-corrected chi connectivity index (χ1v) is 26.0. The predicted octanol–water partition coefficient (Wildman–Crippen LogP) is 20.3. The van der Waals surface area contributed by atoms with Gasteiger partial charge in [0.2, 0.25) is 0 Å². The van der Waals surface area contributed by atoms with Gasteiger partial charge in [0.15, 0.2) is 0 Å². The molecular formula is C74H54N2. The Morgan fingerprint density at radius 3 is 0.526 bits per heavy atom. The average molecular weight is 971 g/mol. The summed E-state index contributed by atoms with van der Waals surface area (Å²) in [7, 11) is 0. The number of nitrogens with zero attached hydrogens (tertiary/aromatic N) is 2. The molecular weight excluding hydrogens is 917 g/mol. The third-order valence-corrected chi connectivity index (χ3v) is 14.1. The minimum absolute atomic E-state index is 1.07. The molecule has 0 bridgehead atoms. The van der Waals surface area contributed by atoms with Crippen molar-refractivity contribution in [1.82, 2.24) is 0 Å². The minimum Gasteiger partial charge on any atom is -0.311 e. The van der Waals surface area contributed by atoms with Crippen molar-refractivity contribution in [3.8, 4) is 44.5 Å². The molecule has 0 fully saturated rings. The van der Waals surface area contributed by atoms with Crippen molar-refractivity contribution in [3.63, 3.8) is 0 Å². The van der Waals surface area contributed by atoms with Gasteiger partial charge in [0.05, 0.1) is 0 Å². The highest BCUT2D eigenvalue weighted by Gasteiger charge is 2.20. The third kappa shape index (κ3) is 10.2. The van der Waals surface area contributed by atoms with Crippen LogP contribution in [-0.2, 0) is 0 Å². The fourth-order valence-corrected chi connectivity index (χ4v) is 10.3. The first-order valence-electron chi connectivity index (χ1n) is 26.0. The van der Waals surface area contributed by atoms with Gasteiger partial charge in [0, 0.05) is 34.1 Å². The molecule has 0 unspecified atom stereocenters. The maximum Gasteiger partial charge on any atom is 0.0462 e. The van der Waals surface area contributed by atoms with Crippen molar-refractivity contribution in [2.75, 3.05) is 9.80 Å². The summed E-state index contributed by atoms with van der Waals surface area (Å²) in [5.74, 6) is 0. The van der Waals surface area contributed by atoms with Gasteiger partial charge in [-0.15, -0.1) is 0 Å². The molecule has 0 atom stereocenters. The molecule has 0 saturated heterocycles. The first-order chi connectivity index (χ1) is 37.7. The molecule has 0 spiro atoms. The van der Waals surface area contributed by atoms with Crippen molar-refractivity contribution in [2.24, 2.45) is 0 Å². The van der Waals surface area contributed by atoms with E-state index in [4.69, 9.17) is 0 Å². The van der Waals surface area contributed by atoms with Crippen LogP contribution in [-0.4, -0.2) is 0 Å². The van der Waals surface area contributed by atoms with E-state index in [1.165, 1.54) is 33.4 Å². The lowest BCUT2D eigenvalue weighted by Gasteiger charge is -2.26. The maximum absolute atomic E-state index is 2.32. The van der Waals surface area contributed by atoms with Crippen LogP contribution < -0.4 is 9.80 Å². The van der Waals surface area contributed by atoms with Gasteiger partial charge >= 0.3 is 0 Å². The summed E-state index contributed by atoms with van der Waals surface area (Å²) in [6, 6.07) is 118. The van der Waals surface area contributed by atoms with Crippen molar-refractivity contribution in [3.05, 3.63) is 350 Å². The lowest BCUT2D eigenvalue weighted by atomic mass is 9.84. The Balaban J connectivity index is 1.02. The van der Waals surface area contributed by atoms with E-state index in [9.17, 15) is 0 Å². The normalized spacial score (nSPS) is 11.4. The van der Waals surface area contributed by atoms with E-state index in [1.54, 1.807) is 0 Å². The number of anilines is 6. The zero-order valence-electron chi connectivity index (χ0n) is 42.1. The van der Waals surface area contributed by atoms with Crippen LogP contribution in [0, 0.1) is 0 Å². The van der Waals surface area contributed by atoms with Crippen LogP contribution in [0.5, 0.6) is 0 Å². The standard InChI is InChI=1S/C74H54N2/c1-7-19-55(20-8-1)57-31-35-59(36-32-57)61-39-43-63(44-40-61)73(65-47-51-71(52-48-65)75(67-23-11-3-12-24-67)68-25-13-4-14-26-68)74(64-45-41-62(42-46-64)60-37-33-58(34-38-60)56-21-9-2-10-22-56)66-49-53-72(54-50-66)76(69-27-15-5-16-28-69)70-29-17-6-18-30-70/h1-54H/b74-73+. The Bertz CT molecular complexity index is 3470. The second-order valence-electron chi connectivity index (χ2n) is 18.9. The van der Waals surface area contributed by atoms with Gasteiger partial charge in [0.1, 0.15) is 0 Å². The highest BCUT2D eigenvalue weighted by molar-refractivity contribution is 6.05. The lowest BCUT2D eigenvalue weighted by Crippen LogP contribution is -2.10. The van der Waals surface area contributed by atoms with Crippen LogP contribution in [0.15, 0.2) is 328 Å². The zero-order chi connectivity index (χ0) is 50.9. The van der Waals surface area contributed by atoms with Crippen molar-refractivity contribution < 1.29 is 0 Å². The molecule has 0 aliphatic heterocycles. The monoisotopic (exact) mass is 970 g/mol. The molecule has 0 radical (unpaired) electrons. The van der Waals surface area contributed by atoms with Crippen LogP contribution in [0.25, 0.3) is 55.7 Å². The van der Waals surface area contributed by atoms with Crippen molar-refractivity contribution in [2.45, 2.75) is 0 Å². The van der Waals surface area contributed by atoms with Gasteiger partial charge in [-0.3, -0.25) is 0 Å². The fourth-order valence-electron chi connectivity index (χ4n) is 10.3. The van der Waals surface area contributed by atoms with Crippen molar-refractivity contribution >= 4 is 45.3 Å². The smallest absolute Gasteiger partial charge is 0.0462 e. The number of hydrogen-bond donors (Lipinski definition) is 0. The number of benzene rings is 12. The maximum atomic E-state index is 2.32. The summed E-state index contributed by atoms with van der Waals surface area (Å²) in [6.07, 6.45) is 0. The van der Waals surface area contributed by atoms with E-state index in [0.29, 0.717) is 0 Å². The van der Waals surface area contributed by atoms with Gasteiger partial charge in [-0.1, -0.05) is 255 Å². The fraction of sp³-hybridized carbons (Fsp3) is 0. The molecule has 360 valence electrons. The topological polar surface area (TPSA) is 6.48 Å². The van der Waals surface area contributed by atoms with Crippen LogP contribution in [0.4, 0.5) is 34.1 Å². The van der Waals surface area contributed by atoms with Crippen LogP contribution in [0.2, 0.25) is 0 Å². The molecule has 0 N–H and O–H groups in total. The summed E-state index contributed by atoms with van der Waals surface area (Å²) >= 11 is 0. The molecule has 12 aromatic rings. The average Bonchev–Trinajstić information content (AvgIpc) is 3.52. The molecule has 0 amide bonds.